The van der Waals surface area contributed by atoms with Gasteiger partial charge in [0.15, 0.2) is 0 Å². The van der Waals surface area contributed by atoms with E-state index in [4.69, 9.17) is 5.73 Å². The largest absolute Gasteiger partial charge is 0.383 e. The molecule has 0 unspecified atom stereocenters. The monoisotopic (exact) mass is 307 g/mol. The first-order chi connectivity index (χ1) is 8.16. The Hall–Kier alpha value is -1.33. The lowest BCUT2D eigenvalue weighted by Gasteiger charge is -2.00. The minimum Gasteiger partial charge on any atom is -0.383 e. The average Bonchev–Trinajstić information content (AvgIpc) is 2.90. The fraction of sp³-hybridized carbons (Fsp3) is 0.0833. The molecule has 0 amide bonds. The molecule has 86 valence electrons. The van der Waals surface area contributed by atoms with E-state index in [9.17, 15) is 0 Å². The zero-order valence-electron chi connectivity index (χ0n) is 9.14. The van der Waals surface area contributed by atoms with Crippen molar-refractivity contribution in [2.75, 3.05) is 5.73 Å². The van der Waals surface area contributed by atoms with Crippen LogP contribution in [0.2, 0.25) is 0 Å². The van der Waals surface area contributed by atoms with Gasteiger partial charge in [0.05, 0.1) is 0 Å². The van der Waals surface area contributed by atoms with Gasteiger partial charge in [0.25, 0.3) is 0 Å². The molecule has 3 heterocycles. The molecule has 5 heteroatoms. The van der Waals surface area contributed by atoms with Gasteiger partial charge in [-0.2, -0.15) is 11.3 Å². The van der Waals surface area contributed by atoms with Crippen LogP contribution in [0.4, 0.5) is 5.82 Å². The fourth-order valence-corrected chi connectivity index (χ4v) is 2.75. The van der Waals surface area contributed by atoms with Gasteiger partial charge in [0.2, 0.25) is 0 Å². The molecule has 0 saturated carbocycles. The molecular formula is C12H10BrN3S. The summed E-state index contributed by atoms with van der Waals surface area (Å²) in [4.78, 5) is 4.58. The maximum Gasteiger partial charge on any atom is 0.139 e. The smallest absolute Gasteiger partial charge is 0.139 e. The number of halogens is 1. The third-order valence-electron chi connectivity index (χ3n) is 2.73. The topological polar surface area (TPSA) is 43.3 Å². The number of rotatable bonds is 1. The Labute approximate surface area is 111 Å². The summed E-state index contributed by atoms with van der Waals surface area (Å²) in [6.07, 6.45) is 1.96. The number of hydrogen-bond donors (Lipinski definition) is 1. The minimum atomic E-state index is 0.680. The van der Waals surface area contributed by atoms with Crippen molar-refractivity contribution >= 4 is 38.7 Å². The maximum absolute atomic E-state index is 6.13. The Kier molecular flexibility index (Phi) is 2.45. The highest BCUT2D eigenvalue weighted by molar-refractivity contribution is 9.10. The van der Waals surface area contributed by atoms with Gasteiger partial charge in [0.1, 0.15) is 17.2 Å². The predicted octanol–water partition coefficient (Wildman–Crippen LogP) is 3.72. The molecule has 0 fully saturated rings. The van der Waals surface area contributed by atoms with Crippen molar-refractivity contribution < 1.29 is 0 Å². The summed E-state index contributed by atoms with van der Waals surface area (Å²) in [7, 11) is 0. The fourth-order valence-electron chi connectivity index (χ4n) is 1.79. The van der Waals surface area contributed by atoms with Gasteiger partial charge in [-0.1, -0.05) is 0 Å². The van der Waals surface area contributed by atoms with Crippen LogP contribution in [0.1, 0.15) is 5.56 Å². The standard InChI is InChI=1S/C12H10BrN3S/c1-7-4-10-15-11(8-2-3-17-6-8)12(14)16(10)5-9(7)13/h2-6H,14H2,1H3. The van der Waals surface area contributed by atoms with E-state index in [1.54, 1.807) is 11.3 Å². The van der Waals surface area contributed by atoms with Gasteiger partial charge in [-0.15, -0.1) is 0 Å². The molecule has 0 aliphatic carbocycles. The van der Waals surface area contributed by atoms with Crippen molar-refractivity contribution in [3.05, 3.63) is 39.1 Å². The molecule has 2 N–H and O–H groups in total. The van der Waals surface area contributed by atoms with E-state index in [0.29, 0.717) is 5.82 Å². The highest BCUT2D eigenvalue weighted by Crippen LogP contribution is 2.29. The number of aromatic nitrogens is 2. The van der Waals surface area contributed by atoms with E-state index in [2.05, 4.69) is 26.3 Å². The first-order valence-corrected chi connectivity index (χ1v) is 6.86. The Morgan fingerprint density at radius 1 is 1.47 bits per heavy atom. The van der Waals surface area contributed by atoms with Crippen LogP contribution in [-0.4, -0.2) is 9.38 Å². The quantitative estimate of drug-likeness (QED) is 0.744. The number of nitrogens with two attached hydrogens (primary N) is 1. The summed E-state index contributed by atoms with van der Waals surface area (Å²) >= 11 is 5.15. The molecule has 3 aromatic rings. The van der Waals surface area contributed by atoms with Crippen molar-refractivity contribution in [3.8, 4) is 11.3 Å². The van der Waals surface area contributed by atoms with Crippen molar-refractivity contribution in [3.63, 3.8) is 0 Å². The number of hydrogen-bond acceptors (Lipinski definition) is 3. The Morgan fingerprint density at radius 2 is 2.29 bits per heavy atom. The highest BCUT2D eigenvalue weighted by atomic mass is 79.9. The number of pyridine rings is 1. The van der Waals surface area contributed by atoms with Crippen LogP contribution < -0.4 is 5.73 Å². The van der Waals surface area contributed by atoms with Crippen molar-refractivity contribution in [2.45, 2.75) is 6.92 Å². The SMILES string of the molecule is Cc1cc2nc(-c3ccsc3)c(N)n2cc1Br. The van der Waals surface area contributed by atoms with Gasteiger partial charge < -0.3 is 5.73 Å². The third kappa shape index (κ3) is 1.66. The summed E-state index contributed by atoms with van der Waals surface area (Å²) in [5.74, 6) is 0.680. The predicted molar refractivity (Wildman–Crippen MR) is 75.4 cm³/mol. The Morgan fingerprint density at radius 3 is 3.00 bits per heavy atom. The van der Waals surface area contributed by atoms with Gasteiger partial charge >= 0.3 is 0 Å². The van der Waals surface area contributed by atoms with Crippen LogP contribution in [0.25, 0.3) is 16.9 Å². The van der Waals surface area contributed by atoms with Gasteiger partial charge in [-0.3, -0.25) is 4.40 Å². The first-order valence-electron chi connectivity index (χ1n) is 5.13. The number of nitrogens with zero attached hydrogens (tertiary/aromatic N) is 2. The second-order valence-electron chi connectivity index (χ2n) is 3.89. The number of aryl methyl sites for hydroxylation is 1. The summed E-state index contributed by atoms with van der Waals surface area (Å²) in [5.41, 5.74) is 10.1. The lowest BCUT2D eigenvalue weighted by atomic mass is 10.2. The molecule has 0 bridgehead atoms. The lowest BCUT2D eigenvalue weighted by molar-refractivity contribution is 1.16. The Balaban J connectivity index is 2.32. The molecular weight excluding hydrogens is 298 g/mol. The Bertz CT molecular complexity index is 685. The third-order valence-corrected chi connectivity index (χ3v) is 4.25. The zero-order valence-corrected chi connectivity index (χ0v) is 11.5. The van der Waals surface area contributed by atoms with Crippen molar-refractivity contribution in [1.29, 1.82) is 0 Å². The van der Waals surface area contributed by atoms with Crippen LogP contribution >= 0.6 is 27.3 Å². The van der Waals surface area contributed by atoms with Crippen LogP contribution in [0.15, 0.2) is 33.6 Å². The first kappa shape index (κ1) is 10.8. The minimum absolute atomic E-state index is 0.680. The van der Waals surface area contributed by atoms with Crippen LogP contribution in [-0.2, 0) is 0 Å². The van der Waals surface area contributed by atoms with Gasteiger partial charge in [-0.05, 0) is 45.9 Å². The lowest BCUT2D eigenvalue weighted by Crippen LogP contribution is -1.94. The van der Waals surface area contributed by atoms with Crippen molar-refractivity contribution in [1.82, 2.24) is 9.38 Å². The van der Waals surface area contributed by atoms with E-state index >= 15 is 0 Å². The molecule has 17 heavy (non-hydrogen) atoms. The zero-order chi connectivity index (χ0) is 12.0. The van der Waals surface area contributed by atoms with Gasteiger partial charge in [0, 0.05) is 21.6 Å². The molecule has 0 aromatic carbocycles. The highest BCUT2D eigenvalue weighted by Gasteiger charge is 2.12. The molecule has 3 aromatic heterocycles. The summed E-state index contributed by atoms with van der Waals surface area (Å²) in [5, 5.41) is 4.08. The average molecular weight is 308 g/mol. The maximum atomic E-state index is 6.13. The van der Waals surface area contributed by atoms with E-state index in [0.717, 1.165) is 26.9 Å². The summed E-state index contributed by atoms with van der Waals surface area (Å²) in [6, 6.07) is 4.06. The number of anilines is 1. The summed E-state index contributed by atoms with van der Waals surface area (Å²) in [6.45, 7) is 2.04. The molecule has 0 aliphatic rings. The molecule has 3 rings (SSSR count). The van der Waals surface area contributed by atoms with Crippen molar-refractivity contribution in [2.24, 2.45) is 0 Å². The molecule has 0 radical (unpaired) electrons. The summed E-state index contributed by atoms with van der Waals surface area (Å²) < 4.78 is 2.94. The van der Waals surface area contributed by atoms with Crippen LogP contribution in [0.5, 0.6) is 0 Å². The number of fused-ring (bicyclic) bond motifs is 1. The van der Waals surface area contributed by atoms with E-state index in [-0.39, 0.29) is 0 Å². The van der Waals surface area contributed by atoms with Crippen LogP contribution in [0, 0.1) is 6.92 Å². The van der Waals surface area contributed by atoms with Crippen LogP contribution in [0.3, 0.4) is 0 Å². The molecule has 3 nitrogen and oxygen atoms in total. The number of thiophene rings is 1. The second kappa shape index (κ2) is 3.85. The van der Waals surface area contributed by atoms with E-state index in [1.165, 1.54) is 0 Å². The molecule has 0 spiro atoms. The second-order valence-corrected chi connectivity index (χ2v) is 5.52. The van der Waals surface area contributed by atoms with E-state index in [1.807, 2.05) is 35.0 Å². The van der Waals surface area contributed by atoms with Gasteiger partial charge in [-0.25, -0.2) is 4.98 Å². The molecule has 0 aliphatic heterocycles. The normalized spacial score (nSPS) is 11.2. The molecule has 0 saturated heterocycles. The van der Waals surface area contributed by atoms with E-state index < -0.39 is 0 Å². The number of nitrogen functional groups attached to an aromatic ring is 1. The molecule has 0 atom stereocenters. The number of imidazole rings is 1.